The molecule has 1 heterocycles. The highest BCUT2D eigenvalue weighted by Gasteiger charge is 2.35. The van der Waals surface area contributed by atoms with E-state index in [-0.39, 0.29) is 5.54 Å². The molecular weight excluding hydrogens is 244 g/mol. The van der Waals surface area contributed by atoms with Crippen LogP contribution in [-0.4, -0.2) is 10.5 Å². The van der Waals surface area contributed by atoms with Crippen molar-refractivity contribution in [1.82, 2.24) is 4.37 Å². The average Bonchev–Trinajstić information content (AvgIpc) is 2.98. The van der Waals surface area contributed by atoms with E-state index in [1.807, 2.05) is 6.92 Å². The van der Waals surface area contributed by atoms with Crippen LogP contribution in [0.25, 0.3) is 10.1 Å². The summed E-state index contributed by atoms with van der Waals surface area (Å²) < 4.78 is 5.56. The topological polar surface area (TPSA) is 42.3 Å². The monoisotopic (exact) mass is 258 g/mol. The van der Waals surface area contributed by atoms with Gasteiger partial charge in [0.05, 0.1) is 15.9 Å². The standard InChI is InChI=1S/C14H14N2OS/c1-10-12-8-11(4-5-13(12)18-16-10)14(15-9-17)6-2-3-7-14/h4-5,8H,2-3,6-7H2,1H3. The van der Waals surface area contributed by atoms with E-state index < -0.39 is 0 Å². The summed E-state index contributed by atoms with van der Waals surface area (Å²) in [6.45, 7) is 2.02. The number of aromatic nitrogens is 1. The van der Waals surface area contributed by atoms with Crippen LogP contribution in [0.3, 0.4) is 0 Å². The molecule has 3 nitrogen and oxygen atoms in total. The maximum Gasteiger partial charge on any atom is 0.235 e. The number of aryl methyl sites for hydroxylation is 1. The Bertz CT molecular complexity index is 634. The van der Waals surface area contributed by atoms with E-state index in [0.717, 1.165) is 36.9 Å². The van der Waals surface area contributed by atoms with Gasteiger partial charge >= 0.3 is 0 Å². The van der Waals surface area contributed by atoms with Crippen molar-refractivity contribution in [3.63, 3.8) is 0 Å². The van der Waals surface area contributed by atoms with Crippen molar-refractivity contribution in [2.45, 2.75) is 38.1 Å². The number of hydrogen-bond donors (Lipinski definition) is 0. The molecular formula is C14H14N2OS. The predicted molar refractivity (Wildman–Crippen MR) is 72.6 cm³/mol. The highest BCUT2D eigenvalue weighted by Crippen LogP contribution is 2.43. The lowest BCUT2D eigenvalue weighted by molar-refractivity contribution is 0.456. The second-order valence-electron chi connectivity index (χ2n) is 4.92. The van der Waals surface area contributed by atoms with Crippen molar-refractivity contribution in [2.24, 2.45) is 4.99 Å². The summed E-state index contributed by atoms with van der Waals surface area (Å²) in [6.07, 6.45) is 5.92. The van der Waals surface area contributed by atoms with Crippen LogP contribution in [-0.2, 0) is 10.3 Å². The van der Waals surface area contributed by atoms with Gasteiger partial charge in [0, 0.05) is 5.39 Å². The van der Waals surface area contributed by atoms with Gasteiger partial charge in [-0.3, -0.25) is 0 Å². The third kappa shape index (κ3) is 1.69. The van der Waals surface area contributed by atoms with Gasteiger partial charge in [-0.25, -0.2) is 4.79 Å². The first-order valence-corrected chi connectivity index (χ1v) is 6.98. The molecule has 3 rings (SSSR count). The van der Waals surface area contributed by atoms with E-state index in [9.17, 15) is 4.79 Å². The first-order chi connectivity index (χ1) is 8.75. The van der Waals surface area contributed by atoms with Crippen molar-refractivity contribution in [2.75, 3.05) is 0 Å². The second-order valence-corrected chi connectivity index (χ2v) is 5.73. The molecule has 1 aromatic heterocycles. The highest BCUT2D eigenvalue weighted by atomic mass is 32.1. The first kappa shape index (κ1) is 11.6. The molecule has 0 saturated heterocycles. The van der Waals surface area contributed by atoms with E-state index in [4.69, 9.17) is 0 Å². The Labute approximate surface area is 110 Å². The van der Waals surface area contributed by atoms with Crippen LogP contribution in [0.4, 0.5) is 0 Å². The minimum absolute atomic E-state index is 0.329. The van der Waals surface area contributed by atoms with E-state index >= 15 is 0 Å². The number of fused-ring (bicyclic) bond motifs is 1. The molecule has 0 atom stereocenters. The zero-order valence-corrected chi connectivity index (χ0v) is 11.1. The van der Waals surface area contributed by atoms with Crippen LogP contribution >= 0.6 is 11.5 Å². The number of hydrogen-bond acceptors (Lipinski definition) is 4. The second kappa shape index (κ2) is 4.30. The van der Waals surface area contributed by atoms with Gasteiger partial charge in [-0.2, -0.15) is 9.37 Å². The molecule has 2 aromatic rings. The van der Waals surface area contributed by atoms with Crippen LogP contribution in [0.2, 0.25) is 0 Å². The van der Waals surface area contributed by atoms with Crippen molar-refractivity contribution in [3.05, 3.63) is 29.5 Å². The summed E-state index contributed by atoms with van der Waals surface area (Å²) in [5.41, 5.74) is 1.86. The molecule has 92 valence electrons. The zero-order valence-electron chi connectivity index (χ0n) is 10.3. The average molecular weight is 258 g/mol. The summed E-state index contributed by atoms with van der Waals surface area (Å²) in [5, 5.41) is 1.19. The Hall–Kier alpha value is -1.51. The molecule has 1 aliphatic carbocycles. The van der Waals surface area contributed by atoms with E-state index in [1.54, 1.807) is 6.08 Å². The summed E-state index contributed by atoms with van der Waals surface area (Å²) in [4.78, 5) is 14.8. The predicted octanol–water partition coefficient (Wildman–Crippen LogP) is 3.71. The van der Waals surface area contributed by atoms with Crippen molar-refractivity contribution >= 4 is 27.7 Å². The Morgan fingerprint density at radius 2 is 2.17 bits per heavy atom. The van der Waals surface area contributed by atoms with Gasteiger partial charge in [0.25, 0.3) is 0 Å². The summed E-state index contributed by atoms with van der Waals surface area (Å²) in [5.74, 6) is 0. The molecule has 0 bridgehead atoms. The fourth-order valence-corrected chi connectivity index (χ4v) is 3.63. The van der Waals surface area contributed by atoms with Gasteiger partial charge in [-0.1, -0.05) is 18.9 Å². The van der Waals surface area contributed by atoms with Gasteiger partial charge in [0.15, 0.2) is 0 Å². The molecule has 0 N–H and O–H groups in total. The third-order valence-corrected chi connectivity index (χ3v) is 4.80. The summed E-state index contributed by atoms with van der Waals surface area (Å²) >= 11 is 1.52. The Balaban J connectivity index is 2.17. The zero-order chi connectivity index (χ0) is 12.6. The molecule has 18 heavy (non-hydrogen) atoms. The van der Waals surface area contributed by atoms with Crippen molar-refractivity contribution in [1.29, 1.82) is 0 Å². The molecule has 1 aliphatic rings. The lowest BCUT2D eigenvalue weighted by Gasteiger charge is -2.22. The fourth-order valence-electron chi connectivity index (χ4n) is 2.86. The van der Waals surface area contributed by atoms with Gasteiger partial charge in [0.2, 0.25) is 6.08 Å². The minimum Gasteiger partial charge on any atom is -0.211 e. The van der Waals surface area contributed by atoms with Gasteiger partial charge in [-0.05, 0) is 49.0 Å². The molecule has 1 fully saturated rings. The normalized spacial score (nSPS) is 17.8. The van der Waals surface area contributed by atoms with Crippen LogP contribution < -0.4 is 0 Å². The maximum atomic E-state index is 10.7. The molecule has 0 spiro atoms. The molecule has 0 radical (unpaired) electrons. The van der Waals surface area contributed by atoms with Crippen molar-refractivity contribution < 1.29 is 4.79 Å². The SMILES string of the molecule is Cc1nsc2ccc(C3(N=C=O)CCCC3)cc12. The molecule has 0 unspecified atom stereocenters. The molecule has 0 amide bonds. The number of nitrogens with zero attached hydrogens (tertiary/aromatic N) is 2. The Morgan fingerprint density at radius 1 is 1.39 bits per heavy atom. The lowest BCUT2D eigenvalue weighted by atomic mass is 9.88. The van der Waals surface area contributed by atoms with Crippen LogP contribution in [0.5, 0.6) is 0 Å². The number of aliphatic imine (C=N–C) groups is 1. The first-order valence-electron chi connectivity index (χ1n) is 6.21. The smallest absolute Gasteiger partial charge is 0.211 e. The fraction of sp³-hybridized carbons (Fsp3) is 0.429. The van der Waals surface area contributed by atoms with Gasteiger partial charge in [-0.15, -0.1) is 0 Å². The summed E-state index contributed by atoms with van der Waals surface area (Å²) in [6, 6.07) is 6.34. The van der Waals surface area contributed by atoms with Crippen LogP contribution in [0, 0.1) is 6.92 Å². The number of rotatable bonds is 2. The minimum atomic E-state index is -0.329. The van der Waals surface area contributed by atoms with E-state index in [2.05, 4.69) is 27.6 Å². The molecule has 1 aromatic carbocycles. The van der Waals surface area contributed by atoms with Crippen molar-refractivity contribution in [3.8, 4) is 0 Å². The quantitative estimate of drug-likeness (QED) is 0.608. The van der Waals surface area contributed by atoms with Crippen LogP contribution in [0.1, 0.15) is 36.9 Å². The number of benzene rings is 1. The Kier molecular flexibility index (Phi) is 2.77. The number of carbonyl (C=O) groups excluding carboxylic acids is 1. The molecule has 1 saturated carbocycles. The molecule has 0 aliphatic heterocycles. The highest BCUT2D eigenvalue weighted by molar-refractivity contribution is 7.13. The molecule has 4 heteroatoms. The third-order valence-electron chi connectivity index (χ3n) is 3.88. The van der Waals surface area contributed by atoms with E-state index in [1.165, 1.54) is 21.6 Å². The van der Waals surface area contributed by atoms with Gasteiger partial charge in [0.1, 0.15) is 0 Å². The summed E-state index contributed by atoms with van der Waals surface area (Å²) in [7, 11) is 0. The van der Waals surface area contributed by atoms with Crippen LogP contribution in [0.15, 0.2) is 23.2 Å². The lowest BCUT2D eigenvalue weighted by Crippen LogP contribution is -2.18. The largest absolute Gasteiger partial charge is 0.235 e. The number of isocyanates is 1. The van der Waals surface area contributed by atoms with E-state index in [0.29, 0.717) is 0 Å². The maximum absolute atomic E-state index is 10.7. The van der Waals surface area contributed by atoms with Gasteiger partial charge < -0.3 is 0 Å². The Morgan fingerprint density at radius 3 is 2.89 bits per heavy atom.